The molecule has 2 heterocycles. The summed E-state index contributed by atoms with van der Waals surface area (Å²) in [4.78, 5) is 16.7. The van der Waals surface area contributed by atoms with Crippen LogP contribution in [0.3, 0.4) is 0 Å². The van der Waals surface area contributed by atoms with E-state index < -0.39 is 0 Å². The second-order valence-electron chi connectivity index (χ2n) is 6.26. The third-order valence-electron chi connectivity index (χ3n) is 4.15. The SMILES string of the molecule is CN(C)c1ccc(Cl)cc1NC(=O)c1ccc(CN2CCCC2)o1. The summed E-state index contributed by atoms with van der Waals surface area (Å²) in [5.74, 6) is 0.864. The minimum atomic E-state index is -0.270. The quantitative estimate of drug-likeness (QED) is 0.892. The third-order valence-corrected chi connectivity index (χ3v) is 4.39. The lowest BCUT2D eigenvalue weighted by molar-refractivity contribution is 0.0993. The van der Waals surface area contributed by atoms with Gasteiger partial charge in [0, 0.05) is 19.1 Å². The Hall–Kier alpha value is -1.98. The van der Waals surface area contributed by atoms with Crippen molar-refractivity contribution >= 4 is 28.9 Å². The molecule has 1 amide bonds. The smallest absolute Gasteiger partial charge is 0.291 e. The topological polar surface area (TPSA) is 48.7 Å². The number of rotatable bonds is 5. The molecule has 1 N–H and O–H groups in total. The second kappa shape index (κ2) is 7.28. The molecular weight excluding hydrogens is 326 g/mol. The summed E-state index contributed by atoms with van der Waals surface area (Å²) in [5, 5.41) is 3.46. The number of nitrogens with zero attached hydrogens (tertiary/aromatic N) is 2. The van der Waals surface area contributed by atoms with Crippen molar-refractivity contribution in [1.29, 1.82) is 0 Å². The summed E-state index contributed by atoms with van der Waals surface area (Å²) in [6.45, 7) is 2.95. The maximum Gasteiger partial charge on any atom is 0.291 e. The van der Waals surface area contributed by atoms with Crippen LogP contribution in [0.5, 0.6) is 0 Å². The molecule has 0 spiro atoms. The van der Waals surface area contributed by atoms with E-state index in [1.807, 2.05) is 31.1 Å². The lowest BCUT2D eigenvalue weighted by atomic mass is 10.2. The van der Waals surface area contributed by atoms with Gasteiger partial charge in [0.1, 0.15) is 5.76 Å². The fourth-order valence-electron chi connectivity index (χ4n) is 2.93. The van der Waals surface area contributed by atoms with Gasteiger partial charge in [0.05, 0.1) is 17.9 Å². The van der Waals surface area contributed by atoms with Crippen molar-refractivity contribution in [3.63, 3.8) is 0 Å². The minimum Gasteiger partial charge on any atom is -0.455 e. The Balaban J connectivity index is 1.71. The molecule has 0 atom stereocenters. The molecule has 1 aromatic carbocycles. The van der Waals surface area contributed by atoms with Crippen molar-refractivity contribution in [3.05, 3.63) is 46.9 Å². The summed E-state index contributed by atoms with van der Waals surface area (Å²) in [5.41, 5.74) is 1.55. The van der Waals surface area contributed by atoms with Gasteiger partial charge < -0.3 is 14.6 Å². The Morgan fingerprint density at radius 2 is 2.00 bits per heavy atom. The lowest BCUT2D eigenvalue weighted by Gasteiger charge is -2.17. The standard InChI is InChI=1S/C18H22ClN3O2/c1-21(2)16-7-5-13(19)11-15(16)20-18(23)17-8-6-14(24-17)12-22-9-3-4-10-22/h5-8,11H,3-4,9-10,12H2,1-2H3,(H,20,23). The van der Waals surface area contributed by atoms with E-state index in [1.54, 1.807) is 18.2 Å². The van der Waals surface area contributed by atoms with Crippen molar-refractivity contribution in [3.8, 4) is 0 Å². The van der Waals surface area contributed by atoms with E-state index >= 15 is 0 Å². The van der Waals surface area contributed by atoms with E-state index in [0.29, 0.717) is 16.5 Å². The van der Waals surface area contributed by atoms with E-state index in [9.17, 15) is 4.79 Å². The zero-order valence-corrected chi connectivity index (χ0v) is 14.8. The zero-order valence-electron chi connectivity index (χ0n) is 14.0. The van der Waals surface area contributed by atoms with Gasteiger partial charge in [-0.15, -0.1) is 0 Å². The molecule has 128 valence electrons. The van der Waals surface area contributed by atoms with Crippen molar-refractivity contribution < 1.29 is 9.21 Å². The molecule has 1 saturated heterocycles. The largest absolute Gasteiger partial charge is 0.455 e. The molecule has 2 aromatic rings. The van der Waals surface area contributed by atoms with E-state index in [4.69, 9.17) is 16.0 Å². The maximum atomic E-state index is 12.5. The number of halogens is 1. The number of nitrogens with one attached hydrogen (secondary N) is 1. The van der Waals surface area contributed by atoms with Gasteiger partial charge in [-0.3, -0.25) is 9.69 Å². The maximum absolute atomic E-state index is 12.5. The van der Waals surface area contributed by atoms with E-state index in [1.165, 1.54) is 12.8 Å². The Bertz CT molecular complexity index is 721. The molecule has 3 rings (SSSR count). The molecule has 1 aromatic heterocycles. The number of carbonyl (C=O) groups is 1. The Morgan fingerprint density at radius 3 is 2.71 bits per heavy atom. The van der Waals surface area contributed by atoms with Gasteiger partial charge in [0.15, 0.2) is 5.76 Å². The molecule has 1 aliphatic heterocycles. The van der Waals surface area contributed by atoms with E-state index in [2.05, 4.69) is 10.2 Å². The lowest BCUT2D eigenvalue weighted by Crippen LogP contribution is -2.18. The predicted octanol–water partition coefficient (Wildman–Crippen LogP) is 3.85. The number of likely N-dealkylation sites (tertiary alicyclic amines) is 1. The average molecular weight is 348 g/mol. The van der Waals surface area contributed by atoms with Gasteiger partial charge in [-0.25, -0.2) is 0 Å². The average Bonchev–Trinajstić information content (AvgIpc) is 3.19. The number of amides is 1. The molecule has 1 fully saturated rings. The summed E-state index contributed by atoms with van der Waals surface area (Å²) >= 11 is 6.05. The van der Waals surface area contributed by atoms with Crippen LogP contribution in [0.1, 0.15) is 29.2 Å². The molecule has 0 unspecified atom stereocenters. The van der Waals surface area contributed by atoms with Crippen LogP contribution in [0, 0.1) is 0 Å². The van der Waals surface area contributed by atoms with Crippen molar-refractivity contribution in [2.75, 3.05) is 37.4 Å². The van der Waals surface area contributed by atoms with Crippen LogP contribution in [-0.2, 0) is 6.54 Å². The van der Waals surface area contributed by atoms with Crippen molar-refractivity contribution in [2.45, 2.75) is 19.4 Å². The molecule has 0 aliphatic carbocycles. The molecule has 5 nitrogen and oxygen atoms in total. The first kappa shape index (κ1) is 16.9. The highest BCUT2D eigenvalue weighted by Gasteiger charge is 2.17. The zero-order chi connectivity index (χ0) is 17.1. The number of carbonyl (C=O) groups excluding carboxylic acids is 1. The third kappa shape index (κ3) is 3.91. The van der Waals surface area contributed by atoms with Gasteiger partial charge in [0.25, 0.3) is 5.91 Å². The van der Waals surface area contributed by atoms with Gasteiger partial charge in [-0.05, 0) is 56.3 Å². The molecule has 0 saturated carbocycles. The first-order valence-electron chi connectivity index (χ1n) is 8.12. The molecule has 6 heteroatoms. The van der Waals surface area contributed by atoms with Gasteiger partial charge in [0.2, 0.25) is 0 Å². The second-order valence-corrected chi connectivity index (χ2v) is 6.70. The highest BCUT2D eigenvalue weighted by molar-refractivity contribution is 6.31. The highest BCUT2D eigenvalue weighted by atomic mass is 35.5. The number of hydrogen-bond acceptors (Lipinski definition) is 4. The van der Waals surface area contributed by atoms with E-state index in [0.717, 1.165) is 31.1 Å². The number of hydrogen-bond donors (Lipinski definition) is 1. The van der Waals surface area contributed by atoms with Gasteiger partial charge in [-0.2, -0.15) is 0 Å². The predicted molar refractivity (Wildman–Crippen MR) is 97.0 cm³/mol. The van der Waals surface area contributed by atoms with Crippen LogP contribution in [0.2, 0.25) is 5.02 Å². The van der Waals surface area contributed by atoms with Gasteiger partial charge >= 0.3 is 0 Å². The summed E-state index contributed by atoms with van der Waals surface area (Å²) in [6.07, 6.45) is 2.46. The Kier molecular flexibility index (Phi) is 5.11. The van der Waals surface area contributed by atoms with Gasteiger partial charge in [-0.1, -0.05) is 11.6 Å². The number of benzene rings is 1. The highest BCUT2D eigenvalue weighted by Crippen LogP contribution is 2.28. The summed E-state index contributed by atoms with van der Waals surface area (Å²) in [7, 11) is 3.83. The molecule has 24 heavy (non-hydrogen) atoms. The Labute approximate surface area is 147 Å². The van der Waals surface area contributed by atoms with E-state index in [-0.39, 0.29) is 5.91 Å². The monoisotopic (exact) mass is 347 g/mol. The fourth-order valence-corrected chi connectivity index (χ4v) is 3.10. The van der Waals surface area contributed by atoms with Crippen molar-refractivity contribution in [2.24, 2.45) is 0 Å². The van der Waals surface area contributed by atoms with Crippen LogP contribution in [0.4, 0.5) is 11.4 Å². The minimum absolute atomic E-state index is 0.270. The molecule has 1 aliphatic rings. The van der Waals surface area contributed by atoms with Crippen LogP contribution >= 0.6 is 11.6 Å². The number of anilines is 2. The first-order valence-corrected chi connectivity index (χ1v) is 8.50. The summed E-state index contributed by atoms with van der Waals surface area (Å²) in [6, 6.07) is 9.01. The molecule has 0 radical (unpaired) electrons. The van der Waals surface area contributed by atoms with Crippen LogP contribution in [0.25, 0.3) is 0 Å². The number of furan rings is 1. The molecular formula is C18H22ClN3O2. The van der Waals surface area contributed by atoms with Crippen molar-refractivity contribution in [1.82, 2.24) is 4.90 Å². The first-order chi connectivity index (χ1) is 11.5. The molecule has 0 bridgehead atoms. The van der Waals surface area contributed by atoms with Crippen LogP contribution in [-0.4, -0.2) is 38.0 Å². The van der Waals surface area contributed by atoms with Crippen LogP contribution < -0.4 is 10.2 Å². The fraction of sp³-hybridized carbons (Fsp3) is 0.389. The van der Waals surface area contributed by atoms with Crippen LogP contribution in [0.15, 0.2) is 34.7 Å². The Morgan fingerprint density at radius 1 is 1.25 bits per heavy atom. The summed E-state index contributed by atoms with van der Waals surface area (Å²) < 4.78 is 5.71. The normalized spacial score (nSPS) is 14.8.